The zero-order valence-corrected chi connectivity index (χ0v) is 21.8. The third-order valence-corrected chi connectivity index (χ3v) is 6.67. The van der Waals surface area contributed by atoms with Gasteiger partial charge in [-0.3, -0.25) is 0 Å². The first kappa shape index (κ1) is 30.5. The lowest BCUT2D eigenvalue weighted by atomic mass is 10.0. The molecule has 0 saturated heterocycles. The van der Waals surface area contributed by atoms with Gasteiger partial charge in [0.2, 0.25) is 0 Å². The number of unbranched alkanes of at least 4 members (excludes halogenated alkanes) is 24. The Kier molecular flexibility index (Phi) is 29.0. The minimum absolute atomic E-state index is 1.21. The normalized spacial score (nSPS) is 11.5. The summed E-state index contributed by atoms with van der Waals surface area (Å²) in [5.74, 6) is 0. The Labute approximate surface area is 198 Å². The lowest BCUT2D eigenvalue weighted by Crippen LogP contribution is -1.84. The van der Waals surface area contributed by atoms with Crippen LogP contribution in [0.2, 0.25) is 0 Å². The van der Waals surface area contributed by atoms with Gasteiger partial charge in [-0.25, -0.2) is 0 Å². The van der Waals surface area contributed by atoms with E-state index in [1.807, 2.05) is 0 Å². The molecule has 0 aromatic rings. The summed E-state index contributed by atoms with van der Waals surface area (Å²) in [7, 11) is 0. The fourth-order valence-electron chi connectivity index (χ4n) is 4.48. The van der Waals surface area contributed by atoms with Crippen molar-refractivity contribution < 1.29 is 0 Å². The van der Waals surface area contributed by atoms with E-state index in [0.29, 0.717) is 0 Å². The van der Waals surface area contributed by atoms with Crippen molar-refractivity contribution >= 4 is 0 Å². The maximum atomic E-state index is 3.79. The molecule has 0 saturated carbocycles. The minimum Gasteiger partial charge on any atom is -0.103 e. The topological polar surface area (TPSA) is 0 Å². The fraction of sp³-hybridized carbons (Fsp3) is 0.871. The Hall–Kier alpha value is -0.520. The van der Waals surface area contributed by atoms with Crippen LogP contribution in [0.15, 0.2) is 24.8 Å². The van der Waals surface area contributed by atoms with Crippen molar-refractivity contribution in [3.8, 4) is 0 Å². The van der Waals surface area contributed by atoms with Crippen molar-refractivity contribution in [2.75, 3.05) is 0 Å². The molecule has 0 spiro atoms. The van der Waals surface area contributed by atoms with Crippen molar-refractivity contribution in [2.45, 2.75) is 174 Å². The first-order chi connectivity index (χ1) is 15.4. The second-order valence-corrected chi connectivity index (χ2v) is 9.90. The molecule has 184 valence electrons. The molecule has 0 heterocycles. The maximum absolute atomic E-state index is 3.79. The van der Waals surface area contributed by atoms with E-state index in [4.69, 9.17) is 0 Å². The van der Waals surface area contributed by atoms with Crippen LogP contribution in [0.5, 0.6) is 0 Å². The number of hydrogen-bond acceptors (Lipinski definition) is 0. The van der Waals surface area contributed by atoms with Crippen LogP contribution in [-0.4, -0.2) is 0 Å². The van der Waals surface area contributed by atoms with E-state index in [1.54, 1.807) is 0 Å². The standard InChI is InChI=1S/C31H60/c1-3-5-7-9-11-13-15-17-19-21-23-25-27-29-31-30-28-26-24-22-20-18-16-14-12-10-8-6-4-2/h3,18,20H,1,4-17,19,21-31H2,2H3/b20-18+. The third kappa shape index (κ3) is 29.5. The molecule has 0 unspecified atom stereocenters. The molecule has 0 bridgehead atoms. The van der Waals surface area contributed by atoms with Crippen molar-refractivity contribution in [2.24, 2.45) is 0 Å². The Balaban J connectivity index is 3.05. The first-order valence-electron chi connectivity index (χ1n) is 14.7. The van der Waals surface area contributed by atoms with Crippen LogP contribution in [0.1, 0.15) is 174 Å². The Morgan fingerprint density at radius 3 is 0.903 bits per heavy atom. The highest BCUT2D eigenvalue weighted by atomic mass is 14.0. The van der Waals surface area contributed by atoms with Gasteiger partial charge < -0.3 is 0 Å². The summed E-state index contributed by atoms with van der Waals surface area (Å²) in [6.07, 6.45) is 43.9. The molecular formula is C31H60. The minimum atomic E-state index is 1.21. The van der Waals surface area contributed by atoms with Gasteiger partial charge in [0.15, 0.2) is 0 Å². The summed E-state index contributed by atoms with van der Waals surface area (Å²) < 4.78 is 0. The highest BCUT2D eigenvalue weighted by Gasteiger charge is 1.95. The highest BCUT2D eigenvalue weighted by molar-refractivity contribution is 4.81. The molecule has 0 aliphatic carbocycles. The van der Waals surface area contributed by atoms with Gasteiger partial charge in [-0.1, -0.05) is 154 Å². The average molecular weight is 433 g/mol. The van der Waals surface area contributed by atoms with Crippen LogP contribution in [0.3, 0.4) is 0 Å². The molecular weight excluding hydrogens is 372 g/mol. The lowest BCUT2D eigenvalue weighted by molar-refractivity contribution is 0.526. The van der Waals surface area contributed by atoms with E-state index in [2.05, 4.69) is 31.7 Å². The Bertz CT molecular complexity index is 340. The zero-order valence-electron chi connectivity index (χ0n) is 21.8. The quantitative estimate of drug-likeness (QED) is 0.0893. The molecule has 0 N–H and O–H groups in total. The van der Waals surface area contributed by atoms with Gasteiger partial charge >= 0.3 is 0 Å². The molecule has 0 fully saturated rings. The molecule has 0 aromatic heterocycles. The first-order valence-corrected chi connectivity index (χ1v) is 14.7. The molecule has 0 nitrogen and oxygen atoms in total. The SMILES string of the molecule is C=CCCCCCCCCCCCCCCCCCCC/C=C/CCCCCCCC. The maximum Gasteiger partial charge on any atom is -0.0351 e. The molecule has 0 radical (unpaired) electrons. The molecule has 0 amide bonds. The summed E-state index contributed by atoms with van der Waals surface area (Å²) in [4.78, 5) is 0. The van der Waals surface area contributed by atoms with Gasteiger partial charge in [-0.15, -0.1) is 6.58 Å². The van der Waals surface area contributed by atoms with Crippen molar-refractivity contribution in [3.05, 3.63) is 24.8 Å². The van der Waals surface area contributed by atoms with E-state index >= 15 is 0 Å². The van der Waals surface area contributed by atoms with Gasteiger partial charge in [0.25, 0.3) is 0 Å². The molecule has 31 heavy (non-hydrogen) atoms. The number of hydrogen-bond donors (Lipinski definition) is 0. The average Bonchev–Trinajstić information content (AvgIpc) is 2.78. The van der Waals surface area contributed by atoms with Crippen LogP contribution in [0.4, 0.5) is 0 Å². The summed E-state index contributed by atoms with van der Waals surface area (Å²) in [6.45, 7) is 6.09. The summed E-state index contributed by atoms with van der Waals surface area (Å²) in [6, 6.07) is 0. The molecule has 0 atom stereocenters. The van der Waals surface area contributed by atoms with Crippen LogP contribution in [0.25, 0.3) is 0 Å². The summed E-state index contributed by atoms with van der Waals surface area (Å²) >= 11 is 0. The van der Waals surface area contributed by atoms with Crippen molar-refractivity contribution in [1.29, 1.82) is 0 Å². The monoisotopic (exact) mass is 432 g/mol. The zero-order chi connectivity index (χ0) is 22.5. The van der Waals surface area contributed by atoms with Crippen LogP contribution >= 0.6 is 0 Å². The third-order valence-electron chi connectivity index (χ3n) is 6.67. The fourth-order valence-corrected chi connectivity index (χ4v) is 4.48. The summed E-state index contributed by atoms with van der Waals surface area (Å²) in [5.41, 5.74) is 0. The molecule has 0 heteroatoms. The van der Waals surface area contributed by atoms with E-state index in [0.717, 1.165) is 0 Å². The molecule has 0 aliphatic rings. The molecule has 0 aromatic carbocycles. The van der Waals surface area contributed by atoms with Crippen molar-refractivity contribution in [1.82, 2.24) is 0 Å². The van der Waals surface area contributed by atoms with Gasteiger partial charge in [-0.05, 0) is 38.5 Å². The van der Waals surface area contributed by atoms with Crippen molar-refractivity contribution in [3.63, 3.8) is 0 Å². The highest BCUT2D eigenvalue weighted by Crippen LogP contribution is 2.15. The second-order valence-electron chi connectivity index (χ2n) is 9.90. The Morgan fingerprint density at radius 1 is 0.355 bits per heavy atom. The van der Waals surface area contributed by atoms with Crippen LogP contribution < -0.4 is 0 Å². The summed E-state index contributed by atoms with van der Waals surface area (Å²) in [5, 5.41) is 0. The van der Waals surface area contributed by atoms with Gasteiger partial charge in [-0.2, -0.15) is 0 Å². The van der Waals surface area contributed by atoms with E-state index < -0.39 is 0 Å². The predicted octanol–water partition coefficient (Wildman–Crippen LogP) is 11.9. The van der Waals surface area contributed by atoms with Crippen LogP contribution in [-0.2, 0) is 0 Å². The van der Waals surface area contributed by atoms with Crippen LogP contribution in [0, 0.1) is 0 Å². The second kappa shape index (κ2) is 29.5. The van der Waals surface area contributed by atoms with Gasteiger partial charge in [0.1, 0.15) is 0 Å². The lowest BCUT2D eigenvalue weighted by Gasteiger charge is -2.03. The smallest absolute Gasteiger partial charge is 0.0351 e. The van der Waals surface area contributed by atoms with E-state index in [9.17, 15) is 0 Å². The largest absolute Gasteiger partial charge is 0.103 e. The predicted molar refractivity (Wildman–Crippen MR) is 145 cm³/mol. The number of rotatable bonds is 27. The van der Waals surface area contributed by atoms with Gasteiger partial charge in [0, 0.05) is 0 Å². The molecule has 0 aliphatic heterocycles. The van der Waals surface area contributed by atoms with E-state index in [1.165, 1.54) is 167 Å². The van der Waals surface area contributed by atoms with E-state index in [-0.39, 0.29) is 0 Å². The number of allylic oxidation sites excluding steroid dienone is 3. The van der Waals surface area contributed by atoms with Gasteiger partial charge in [0.05, 0.1) is 0 Å². The molecule has 0 rings (SSSR count). The Morgan fingerprint density at radius 2 is 0.613 bits per heavy atom.